The Kier molecular flexibility index (Phi) is 6.64. The van der Waals surface area contributed by atoms with Crippen LogP contribution in [0.15, 0.2) is 6.20 Å². The second-order valence-electron chi connectivity index (χ2n) is 5.74. The molecular weight excluding hydrogens is 401 g/mol. The molecule has 1 heterocycles. The lowest BCUT2D eigenvalue weighted by Gasteiger charge is -2.21. The van der Waals surface area contributed by atoms with Gasteiger partial charge in [0.15, 0.2) is 5.69 Å². The lowest BCUT2D eigenvalue weighted by molar-refractivity contribution is 0.0506. The number of nitrogens with zero attached hydrogens (tertiary/aromatic N) is 2. The van der Waals surface area contributed by atoms with Crippen molar-refractivity contribution in [3.05, 3.63) is 15.5 Å². The Hall–Kier alpha value is -1.32. The first-order valence-corrected chi connectivity index (χ1v) is 8.10. The van der Waals surface area contributed by atoms with Crippen molar-refractivity contribution in [3.8, 4) is 0 Å². The van der Waals surface area contributed by atoms with Gasteiger partial charge in [-0.25, -0.2) is 9.59 Å². The van der Waals surface area contributed by atoms with Gasteiger partial charge in [0.05, 0.1) is 22.4 Å². The van der Waals surface area contributed by atoms with Gasteiger partial charge in [-0.3, -0.25) is 4.68 Å². The molecule has 1 atom stereocenters. The van der Waals surface area contributed by atoms with E-state index in [1.54, 1.807) is 38.6 Å². The monoisotopic (exact) mass is 423 g/mol. The van der Waals surface area contributed by atoms with Crippen molar-refractivity contribution >= 4 is 34.7 Å². The molecule has 1 aromatic rings. The summed E-state index contributed by atoms with van der Waals surface area (Å²) in [5.74, 6) is -0.423. The van der Waals surface area contributed by atoms with Crippen LogP contribution < -0.4 is 5.32 Å². The molecule has 1 amide bonds. The van der Waals surface area contributed by atoms with E-state index in [9.17, 15) is 9.59 Å². The fourth-order valence-electron chi connectivity index (χ4n) is 1.70. The normalized spacial score (nSPS) is 12.6. The molecule has 1 N–H and O–H groups in total. The van der Waals surface area contributed by atoms with E-state index < -0.39 is 17.7 Å². The van der Waals surface area contributed by atoms with E-state index >= 15 is 0 Å². The van der Waals surface area contributed by atoms with Crippen LogP contribution in [0.4, 0.5) is 4.79 Å². The fourth-order valence-corrected chi connectivity index (χ4v) is 2.29. The average Bonchev–Trinajstić information content (AvgIpc) is 2.76. The zero-order chi connectivity index (χ0) is 16.9. The molecule has 124 valence electrons. The van der Waals surface area contributed by atoms with Crippen LogP contribution in [0.5, 0.6) is 0 Å². The van der Waals surface area contributed by atoms with Crippen LogP contribution in [0, 0.1) is 3.57 Å². The molecule has 7 nitrogen and oxygen atoms in total. The van der Waals surface area contributed by atoms with Gasteiger partial charge in [0.2, 0.25) is 0 Å². The van der Waals surface area contributed by atoms with Crippen molar-refractivity contribution in [1.82, 2.24) is 15.1 Å². The first-order chi connectivity index (χ1) is 10.2. The van der Waals surface area contributed by atoms with E-state index in [0.29, 0.717) is 22.4 Å². The number of rotatable bonds is 5. The zero-order valence-corrected chi connectivity index (χ0v) is 15.6. The second-order valence-corrected chi connectivity index (χ2v) is 6.90. The van der Waals surface area contributed by atoms with Crippen molar-refractivity contribution in [3.63, 3.8) is 0 Å². The maximum absolute atomic E-state index is 12.0. The van der Waals surface area contributed by atoms with E-state index in [1.807, 2.05) is 29.5 Å². The van der Waals surface area contributed by atoms with Gasteiger partial charge in [0.1, 0.15) is 5.60 Å². The number of aromatic nitrogens is 2. The smallest absolute Gasteiger partial charge is 0.407 e. The van der Waals surface area contributed by atoms with Crippen LogP contribution >= 0.6 is 22.6 Å². The molecule has 0 aliphatic heterocycles. The highest BCUT2D eigenvalue weighted by molar-refractivity contribution is 14.1. The summed E-state index contributed by atoms with van der Waals surface area (Å²) >= 11 is 2.03. The van der Waals surface area contributed by atoms with Gasteiger partial charge in [-0.15, -0.1) is 0 Å². The molecule has 1 aromatic heterocycles. The molecule has 0 aliphatic rings. The molecule has 8 heteroatoms. The highest BCUT2D eigenvalue weighted by Gasteiger charge is 2.22. The molecule has 0 unspecified atom stereocenters. The third-order valence-electron chi connectivity index (χ3n) is 2.58. The molecule has 0 aliphatic carbocycles. The minimum Gasteiger partial charge on any atom is -0.461 e. The number of esters is 1. The van der Waals surface area contributed by atoms with Crippen molar-refractivity contribution < 1.29 is 19.1 Å². The molecule has 0 aromatic carbocycles. The minimum absolute atomic E-state index is 0.213. The Labute approximate surface area is 143 Å². The lowest BCUT2D eigenvalue weighted by Crippen LogP contribution is -2.36. The Morgan fingerprint density at radius 1 is 1.45 bits per heavy atom. The first kappa shape index (κ1) is 18.7. The number of amides is 1. The summed E-state index contributed by atoms with van der Waals surface area (Å²) in [4.78, 5) is 23.6. The van der Waals surface area contributed by atoms with E-state index in [1.165, 1.54) is 0 Å². The predicted octanol–water partition coefficient (Wildman–Crippen LogP) is 2.75. The second kappa shape index (κ2) is 7.80. The van der Waals surface area contributed by atoms with Crippen molar-refractivity contribution in [2.24, 2.45) is 0 Å². The van der Waals surface area contributed by atoms with Gasteiger partial charge in [0, 0.05) is 6.54 Å². The van der Waals surface area contributed by atoms with Gasteiger partial charge >= 0.3 is 12.1 Å². The Balaban J connectivity index is 2.72. The molecule has 0 radical (unpaired) electrons. The predicted molar refractivity (Wildman–Crippen MR) is 89.8 cm³/mol. The van der Waals surface area contributed by atoms with E-state index in [2.05, 4.69) is 10.4 Å². The van der Waals surface area contributed by atoms with Crippen LogP contribution in [-0.2, 0) is 9.47 Å². The van der Waals surface area contributed by atoms with Gasteiger partial charge in [-0.05, 0) is 57.2 Å². The summed E-state index contributed by atoms with van der Waals surface area (Å²) in [5, 5.41) is 6.86. The topological polar surface area (TPSA) is 82.5 Å². The third kappa shape index (κ3) is 5.47. The van der Waals surface area contributed by atoms with Crippen molar-refractivity contribution in [2.75, 3.05) is 13.2 Å². The van der Waals surface area contributed by atoms with Crippen LogP contribution in [0.25, 0.3) is 0 Å². The maximum atomic E-state index is 12.0. The number of halogens is 1. The highest BCUT2D eigenvalue weighted by atomic mass is 127. The fraction of sp³-hybridized carbons (Fsp3) is 0.643. The quantitative estimate of drug-likeness (QED) is 0.582. The molecule has 0 spiro atoms. The maximum Gasteiger partial charge on any atom is 0.407 e. The molecule has 22 heavy (non-hydrogen) atoms. The average molecular weight is 423 g/mol. The van der Waals surface area contributed by atoms with Crippen molar-refractivity contribution in [2.45, 2.75) is 46.3 Å². The molecule has 0 saturated carbocycles. The number of ether oxygens (including phenoxy) is 2. The number of carbonyl (C=O) groups is 2. The number of nitrogens with one attached hydrogen (secondary N) is 1. The molecule has 0 fully saturated rings. The van der Waals surface area contributed by atoms with E-state index in [4.69, 9.17) is 9.47 Å². The number of hydrogen-bond donors (Lipinski definition) is 1. The Bertz CT molecular complexity index is 537. The van der Waals surface area contributed by atoms with Crippen LogP contribution in [0.1, 0.15) is 51.1 Å². The van der Waals surface area contributed by atoms with Gasteiger partial charge in [-0.1, -0.05) is 0 Å². The Morgan fingerprint density at radius 2 is 2.09 bits per heavy atom. The summed E-state index contributed by atoms with van der Waals surface area (Å²) in [6.07, 6.45) is 1.09. The lowest BCUT2D eigenvalue weighted by atomic mass is 10.2. The first-order valence-electron chi connectivity index (χ1n) is 7.02. The van der Waals surface area contributed by atoms with Gasteiger partial charge in [-0.2, -0.15) is 5.10 Å². The van der Waals surface area contributed by atoms with Gasteiger partial charge in [0.25, 0.3) is 0 Å². The van der Waals surface area contributed by atoms with Crippen LogP contribution in [-0.4, -0.2) is 40.6 Å². The highest BCUT2D eigenvalue weighted by Crippen LogP contribution is 2.17. The van der Waals surface area contributed by atoms with Crippen LogP contribution in [0.3, 0.4) is 0 Å². The molecule has 0 saturated heterocycles. The molecule has 1 rings (SSSR count). The number of hydrogen-bond acceptors (Lipinski definition) is 5. The molecular formula is C14H22IN3O4. The summed E-state index contributed by atoms with van der Waals surface area (Å²) < 4.78 is 12.5. The summed E-state index contributed by atoms with van der Waals surface area (Å²) in [6, 6.07) is -0.213. The van der Waals surface area contributed by atoms with Gasteiger partial charge < -0.3 is 14.8 Å². The van der Waals surface area contributed by atoms with E-state index in [0.717, 1.165) is 0 Å². The minimum atomic E-state index is -0.551. The van der Waals surface area contributed by atoms with Crippen LogP contribution in [0.2, 0.25) is 0 Å². The van der Waals surface area contributed by atoms with E-state index in [-0.39, 0.29) is 6.04 Å². The zero-order valence-electron chi connectivity index (χ0n) is 13.5. The Morgan fingerprint density at radius 3 is 2.64 bits per heavy atom. The standard InChI is InChI=1S/C14H22IN3O4/c1-6-21-12(19)11-10(15)8-17-18(11)9(2)7-16-13(20)22-14(3,4)5/h8-9H,6-7H2,1-5H3,(H,16,20)/t9-/m1/s1. The number of alkyl carbamates (subject to hydrolysis) is 1. The third-order valence-corrected chi connectivity index (χ3v) is 3.37. The largest absolute Gasteiger partial charge is 0.461 e. The number of carbonyl (C=O) groups excluding carboxylic acids is 2. The summed E-state index contributed by atoms with van der Waals surface area (Å²) in [6.45, 7) is 9.58. The molecule has 0 bridgehead atoms. The summed E-state index contributed by atoms with van der Waals surface area (Å²) in [7, 11) is 0. The SMILES string of the molecule is CCOC(=O)c1c(I)cnn1[C@H](C)CNC(=O)OC(C)(C)C. The summed E-state index contributed by atoms with van der Waals surface area (Å²) in [5.41, 5.74) is -0.161. The van der Waals surface area contributed by atoms with Crippen molar-refractivity contribution in [1.29, 1.82) is 0 Å².